The predicted molar refractivity (Wildman–Crippen MR) is 66.7 cm³/mol. The Labute approximate surface area is 99.3 Å². The van der Waals surface area contributed by atoms with Crippen molar-refractivity contribution >= 4 is 23.2 Å². The number of benzene rings is 1. The molecule has 0 unspecified atom stereocenters. The summed E-state index contributed by atoms with van der Waals surface area (Å²) in [5.74, 6) is -0.489. The number of anilines is 1. The Hall–Kier alpha value is -1.52. The third-order valence-corrected chi connectivity index (χ3v) is 2.28. The molecule has 0 aliphatic heterocycles. The summed E-state index contributed by atoms with van der Waals surface area (Å²) in [4.78, 5) is 10.9. The van der Waals surface area contributed by atoms with Gasteiger partial charge in [-0.15, -0.1) is 0 Å². The Bertz CT molecular complexity index is 404. The Morgan fingerprint density at radius 1 is 1.44 bits per heavy atom. The number of amides is 1. The second-order valence-electron chi connectivity index (χ2n) is 3.15. The number of rotatable bonds is 5. The molecule has 4 nitrogen and oxygen atoms in total. The summed E-state index contributed by atoms with van der Waals surface area (Å²) in [5, 5.41) is 3.56. The topological polar surface area (TPSA) is 81.1 Å². The molecule has 1 rings (SSSR count). The van der Waals surface area contributed by atoms with Crippen LogP contribution in [0.3, 0.4) is 0 Å². The lowest BCUT2D eigenvalue weighted by molar-refractivity contribution is 0.100. The SMILES string of the molecule is NC/C=C/CNc1ccc(C(N)=O)cc1Cl. The first-order valence-corrected chi connectivity index (χ1v) is 5.21. The molecule has 1 aromatic carbocycles. The van der Waals surface area contributed by atoms with E-state index in [1.54, 1.807) is 18.2 Å². The summed E-state index contributed by atoms with van der Waals surface area (Å²) in [6.07, 6.45) is 3.75. The van der Waals surface area contributed by atoms with Gasteiger partial charge in [0.2, 0.25) is 5.91 Å². The summed E-state index contributed by atoms with van der Waals surface area (Å²) in [6.45, 7) is 1.14. The molecule has 0 aliphatic carbocycles. The molecule has 0 spiro atoms. The van der Waals surface area contributed by atoms with Gasteiger partial charge in [-0.3, -0.25) is 4.79 Å². The first-order valence-electron chi connectivity index (χ1n) is 4.83. The first-order chi connectivity index (χ1) is 7.65. The summed E-state index contributed by atoms with van der Waals surface area (Å²) >= 11 is 5.97. The molecule has 1 aromatic rings. The molecule has 0 atom stereocenters. The van der Waals surface area contributed by atoms with Crippen molar-refractivity contribution in [2.75, 3.05) is 18.4 Å². The van der Waals surface area contributed by atoms with Gasteiger partial charge in [0.25, 0.3) is 0 Å². The van der Waals surface area contributed by atoms with Gasteiger partial charge in [-0.1, -0.05) is 23.8 Å². The third kappa shape index (κ3) is 3.56. The van der Waals surface area contributed by atoms with E-state index in [4.69, 9.17) is 23.1 Å². The zero-order valence-corrected chi connectivity index (χ0v) is 9.50. The van der Waals surface area contributed by atoms with Crippen LogP contribution < -0.4 is 16.8 Å². The van der Waals surface area contributed by atoms with Gasteiger partial charge in [-0.25, -0.2) is 0 Å². The standard InChI is InChI=1S/C11H14ClN3O/c12-9-7-8(11(14)16)3-4-10(9)15-6-2-1-5-13/h1-4,7,15H,5-6,13H2,(H2,14,16)/b2-1+. The first kappa shape index (κ1) is 12.5. The highest BCUT2D eigenvalue weighted by atomic mass is 35.5. The van der Waals surface area contributed by atoms with E-state index >= 15 is 0 Å². The van der Waals surface area contributed by atoms with Crippen LogP contribution in [-0.2, 0) is 0 Å². The number of hydrogen-bond acceptors (Lipinski definition) is 3. The number of carbonyl (C=O) groups is 1. The predicted octanol–water partition coefficient (Wildman–Crippen LogP) is 1.37. The van der Waals surface area contributed by atoms with Crippen LogP contribution in [0, 0.1) is 0 Å². The van der Waals surface area contributed by atoms with Crippen LogP contribution in [0.4, 0.5) is 5.69 Å². The third-order valence-electron chi connectivity index (χ3n) is 1.97. The van der Waals surface area contributed by atoms with E-state index in [9.17, 15) is 4.79 Å². The smallest absolute Gasteiger partial charge is 0.248 e. The van der Waals surface area contributed by atoms with Crippen molar-refractivity contribution in [1.82, 2.24) is 0 Å². The van der Waals surface area contributed by atoms with E-state index in [0.717, 1.165) is 5.69 Å². The highest BCUT2D eigenvalue weighted by Gasteiger charge is 2.04. The van der Waals surface area contributed by atoms with E-state index in [1.165, 1.54) is 0 Å². The second kappa shape index (κ2) is 6.15. The number of nitrogens with one attached hydrogen (secondary N) is 1. The van der Waals surface area contributed by atoms with Crippen molar-refractivity contribution in [1.29, 1.82) is 0 Å². The van der Waals surface area contributed by atoms with Gasteiger partial charge >= 0.3 is 0 Å². The van der Waals surface area contributed by atoms with Gasteiger partial charge < -0.3 is 16.8 Å². The van der Waals surface area contributed by atoms with Crippen LogP contribution in [0.25, 0.3) is 0 Å². The molecule has 0 heterocycles. The Balaban J connectivity index is 2.68. The Morgan fingerprint density at radius 2 is 2.19 bits per heavy atom. The van der Waals surface area contributed by atoms with E-state index in [-0.39, 0.29) is 0 Å². The van der Waals surface area contributed by atoms with Gasteiger partial charge in [0.05, 0.1) is 10.7 Å². The minimum absolute atomic E-state index is 0.396. The largest absolute Gasteiger partial charge is 0.380 e. The Morgan fingerprint density at radius 3 is 2.75 bits per heavy atom. The minimum atomic E-state index is -0.489. The number of hydrogen-bond donors (Lipinski definition) is 3. The highest BCUT2D eigenvalue weighted by molar-refractivity contribution is 6.33. The maximum atomic E-state index is 10.9. The molecule has 0 fully saturated rings. The van der Waals surface area contributed by atoms with Crippen LogP contribution >= 0.6 is 11.6 Å². The van der Waals surface area contributed by atoms with Crippen LogP contribution in [0.2, 0.25) is 5.02 Å². The maximum Gasteiger partial charge on any atom is 0.248 e. The monoisotopic (exact) mass is 239 g/mol. The fourth-order valence-corrected chi connectivity index (χ4v) is 1.41. The van der Waals surface area contributed by atoms with Crippen molar-refractivity contribution in [3.63, 3.8) is 0 Å². The zero-order valence-electron chi connectivity index (χ0n) is 8.74. The van der Waals surface area contributed by atoms with Crippen LogP contribution in [0.5, 0.6) is 0 Å². The maximum absolute atomic E-state index is 10.9. The van der Waals surface area contributed by atoms with E-state index in [2.05, 4.69) is 5.32 Å². The van der Waals surface area contributed by atoms with Crippen molar-refractivity contribution in [3.8, 4) is 0 Å². The number of primary amides is 1. The normalized spacial score (nSPS) is 10.6. The molecule has 0 saturated carbocycles. The van der Waals surface area contributed by atoms with Crippen molar-refractivity contribution in [2.24, 2.45) is 11.5 Å². The van der Waals surface area contributed by atoms with E-state index in [0.29, 0.717) is 23.7 Å². The molecule has 0 aliphatic rings. The van der Waals surface area contributed by atoms with Gasteiger partial charge in [0.15, 0.2) is 0 Å². The summed E-state index contributed by atoms with van der Waals surface area (Å²) in [6, 6.07) is 4.89. The molecule has 16 heavy (non-hydrogen) atoms. The molecule has 5 heteroatoms. The van der Waals surface area contributed by atoms with Crippen LogP contribution in [0.15, 0.2) is 30.4 Å². The summed E-state index contributed by atoms with van der Waals surface area (Å²) in [7, 11) is 0. The average molecular weight is 240 g/mol. The van der Waals surface area contributed by atoms with Gasteiger partial charge in [0, 0.05) is 18.7 Å². The molecule has 0 saturated heterocycles. The van der Waals surface area contributed by atoms with E-state index in [1.807, 2.05) is 12.2 Å². The van der Waals surface area contributed by atoms with Gasteiger partial charge in [0.1, 0.15) is 0 Å². The molecular weight excluding hydrogens is 226 g/mol. The molecule has 0 bridgehead atoms. The number of nitrogens with two attached hydrogens (primary N) is 2. The lowest BCUT2D eigenvalue weighted by Gasteiger charge is -2.06. The van der Waals surface area contributed by atoms with Crippen molar-refractivity contribution < 1.29 is 4.79 Å². The number of carbonyl (C=O) groups excluding carboxylic acids is 1. The molecule has 5 N–H and O–H groups in total. The van der Waals surface area contributed by atoms with Crippen LogP contribution in [-0.4, -0.2) is 19.0 Å². The fraction of sp³-hybridized carbons (Fsp3) is 0.182. The highest BCUT2D eigenvalue weighted by Crippen LogP contribution is 2.22. The van der Waals surface area contributed by atoms with Crippen molar-refractivity contribution in [3.05, 3.63) is 40.9 Å². The van der Waals surface area contributed by atoms with Crippen molar-refractivity contribution in [2.45, 2.75) is 0 Å². The van der Waals surface area contributed by atoms with Crippen LogP contribution in [0.1, 0.15) is 10.4 Å². The molecule has 0 radical (unpaired) electrons. The average Bonchev–Trinajstić information content (AvgIpc) is 2.26. The summed E-state index contributed by atoms with van der Waals surface area (Å²) < 4.78 is 0. The molecular formula is C11H14ClN3O. The Kier molecular flexibility index (Phi) is 4.82. The van der Waals surface area contributed by atoms with Gasteiger partial charge in [-0.2, -0.15) is 0 Å². The summed E-state index contributed by atoms with van der Waals surface area (Å²) in [5.41, 5.74) is 11.6. The minimum Gasteiger partial charge on any atom is -0.380 e. The molecule has 0 aromatic heterocycles. The second-order valence-corrected chi connectivity index (χ2v) is 3.55. The lowest BCUT2D eigenvalue weighted by Crippen LogP contribution is -2.11. The number of halogens is 1. The molecule has 86 valence electrons. The zero-order chi connectivity index (χ0) is 12.0. The quantitative estimate of drug-likeness (QED) is 0.679. The molecule has 1 amide bonds. The lowest BCUT2D eigenvalue weighted by atomic mass is 10.2. The fourth-order valence-electron chi connectivity index (χ4n) is 1.16. The van der Waals surface area contributed by atoms with E-state index < -0.39 is 5.91 Å². The van der Waals surface area contributed by atoms with Gasteiger partial charge in [-0.05, 0) is 18.2 Å².